The van der Waals surface area contributed by atoms with E-state index >= 15 is 0 Å². The van der Waals surface area contributed by atoms with Gasteiger partial charge < -0.3 is 5.73 Å². The van der Waals surface area contributed by atoms with Crippen LogP contribution in [0.25, 0.3) is 0 Å². The highest BCUT2D eigenvalue weighted by Gasteiger charge is 2.51. The molecule has 2 N–H and O–H groups in total. The van der Waals surface area contributed by atoms with E-state index in [2.05, 4.69) is 30.6 Å². The molecule has 2 aliphatic rings. The molecule has 2 rings (SSSR count). The van der Waals surface area contributed by atoms with Crippen LogP contribution in [0.1, 0.15) is 40.0 Å². The summed E-state index contributed by atoms with van der Waals surface area (Å²) in [5, 5.41) is 0. The van der Waals surface area contributed by atoms with Gasteiger partial charge in [-0.25, -0.2) is 0 Å². The van der Waals surface area contributed by atoms with Crippen molar-refractivity contribution in [1.82, 2.24) is 9.80 Å². The van der Waals surface area contributed by atoms with Gasteiger partial charge in [0.25, 0.3) is 0 Å². The third kappa shape index (κ3) is 2.25. The molecule has 0 bridgehead atoms. The van der Waals surface area contributed by atoms with E-state index in [1.807, 2.05) is 0 Å². The lowest BCUT2D eigenvalue weighted by Crippen LogP contribution is -2.60. The number of rotatable bonds is 5. The van der Waals surface area contributed by atoms with E-state index in [0.29, 0.717) is 0 Å². The first-order valence-corrected chi connectivity index (χ1v) is 7.33. The van der Waals surface area contributed by atoms with Gasteiger partial charge in [-0.1, -0.05) is 20.8 Å². The molecule has 2 fully saturated rings. The van der Waals surface area contributed by atoms with Gasteiger partial charge in [-0.2, -0.15) is 0 Å². The van der Waals surface area contributed by atoms with Gasteiger partial charge in [-0.05, 0) is 38.3 Å². The molecule has 0 aromatic heterocycles. The highest BCUT2D eigenvalue weighted by Crippen LogP contribution is 2.39. The Hall–Kier alpha value is -0.120. The van der Waals surface area contributed by atoms with Gasteiger partial charge in [0, 0.05) is 31.2 Å². The Balaban J connectivity index is 2.17. The Morgan fingerprint density at radius 3 is 2.76 bits per heavy atom. The van der Waals surface area contributed by atoms with E-state index < -0.39 is 0 Å². The number of nitrogens with zero attached hydrogens (tertiary/aromatic N) is 2. The van der Waals surface area contributed by atoms with Gasteiger partial charge in [-0.15, -0.1) is 0 Å². The molecule has 0 radical (unpaired) electrons. The van der Waals surface area contributed by atoms with Crippen LogP contribution in [0.2, 0.25) is 0 Å². The van der Waals surface area contributed by atoms with E-state index in [9.17, 15) is 0 Å². The number of hydrogen-bond donors (Lipinski definition) is 1. The second kappa shape index (κ2) is 5.25. The van der Waals surface area contributed by atoms with Gasteiger partial charge in [0.1, 0.15) is 0 Å². The fraction of sp³-hybridized carbons (Fsp3) is 1.00. The molecular weight excluding hydrogens is 210 g/mol. The maximum atomic E-state index is 6.21. The van der Waals surface area contributed by atoms with Crippen molar-refractivity contribution >= 4 is 0 Å². The molecule has 0 saturated carbocycles. The summed E-state index contributed by atoms with van der Waals surface area (Å²) in [5.41, 5.74) is 6.48. The summed E-state index contributed by atoms with van der Waals surface area (Å²) in [6.07, 6.45) is 3.99. The third-order valence-electron chi connectivity index (χ3n) is 4.77. The monoisotopic (exact) mass is 239 g/mol. The average molecular weight is 239 g/mol. The second-order valence-electron chi connectivity index (χ2n) is 6.18. The molecule has 0 amide bonds. The SMILES string of the molecule is CCN(CC(C)C)C1(CN)CCN2CCCC21. The van der Waals surface area contributed by atoms with Crippen LogP contribution in [0.3, 0.4) is 0 Å². The summed E-state index contributed by atoms with van der Waals surface area (Å²) in [7, 11) is 0. The number of nitrogens with two attached hydrogens (primary N) is 1. The quantitative estimate of drug-likeness (QED) is 0.790. The Morgan fingerprint density at radius 1 is 1.41 bits per heavy atom. The molecule has 0 aromatic carbocycles. The van der Waals surface area contributed by atoms with Crippen molar-refractivity contribution < 1.29 is 0 Å². The third-order valence-corrected chi connectivity index (χ3v) is 4.77. The van der Waals surface area contributed by atoms with Gasteiger partial charge in [0.2, 0.25) is 0 Å². The standard InChI is InChI=1S/C14H29N3/c1-4-17(10-12(2)3)14(11-15)7-9-16-8-5-6-13(14)16/h12-13H,4-11,15H2,1-3H3. The molecule has 3 heteroatoms. The molecule has 3 nitrogen and oxygen atoms in total. The van der Waals surface area contributed by atoms with Crippen molar-refractivity contribution in [3.05, 3.63) is 0 Å². The lowest BCUT2D eigenvalue weighted by Gasteiger charge is -2.45. The van der Waals surface area contributed by atoms with Crippen LogP contribution in [0, 0.1) is 5.92 Å². The van der Waals surface area contributed by atoms with Gasteiger partial charge in [0.15, 0.2) is 0 Å². The molecule has 0 spiro atoms. The lowest BCUT2D eigenvalue weighted by atomic mass is 9.86. The molecule has 2 aliphatic heterocycles. The fourth-order valence-corrected chi connectivity index (χ4v) is 4.01. The van der Waals surface area contributed by atoms with Crippen LogP contribution in [-0.4, -0.2) is 54.1 Å². The highest BCUT2D eigenvalue weighted by atomic mass is 15.3. The first-order chi connectivity index (χ1) is 8.14. The summed E-state index contributed by atoms with van der Waals surface area (Å²) in [6.45, 7) is 12.6. The van der Waals surface area contributed by atoms with Crippen LogP contribution in [0.15, 0.2) is 0 Å². The van der Waals surface area contributed by atoms with Crippen molar-refractivity contribution in [2.24, 2.45) is 11.7 Å². The van der Waals surface area contributed by atoms with Crippen LogP contribution < -0.4 is 5.73 Å². The zero-order valence-electron chi connectivity index (χ0n) is 11.8. The topological polar surface area (TPSA) is 32.5 Å². The van der Waals surface area contributed by atoms with E-state index in [1.54, 1.807) is 0 Å². The Labute approximate surface area is 106 Å². The molecule has 100 valence electrons. The van der Waals surface area contributed by atoms with E-state index in [1.165, 1.54) is 38.9 Å². The normalized spacial score (nSPS) is 33.9. The zero-order valence-corrected chi connectivity index (χ0v) is 11.8. The predicted molar refractivity (Wildman–Crippen MR) is 73.1 cm³/mol. The molecule has 2 saturated heterocycles. The smallest absolute Gasteiger partial charge is 0.0498 e. The summed E-state index contributed by atoms with van der Waals surface area (Å²) < 4.78 is 0. The maximum Gasteiger partial charge on any atom is 0.0498 e. The summed E-state index contributed by atoms with van der Waals surface area (Å²) in [5.74, 6) is 0.730. The second-order valence-corrected chi connectivity index (χ2v) is 6.18. The largest absolute Gasteiger partial charge is 0.329 e. The Kier molecular flexibility index (Phi) is 4.11. The molecule has 17 heavy (non-hydrogen) atoms. The summed E-state index contributed by atoms with van der Waals surface area (Å²) >= 11 is 0. The molecule has 2 heterocycles. The number of likely N-dealkylation sites (N-methyl/N-ethyl adjacent to an activating group) is 1. The van der Waals surface area contributed by atoms with Crippen LogP contribution in [0.4, 0.5) is 0 Å². The molecule has 0 aliphatic carbocycles. The first kappa shape index (κ1) is 13.3. The first-order valence-electron chi connectivity index (χ1n) is 7.33. The van der Waals surface area contributed by atoms with Crippen LogP contribution >= 0.6 is 0 Å². The van der Waals surface area contributed by atoms with Gasteiger partial charge in [-0.3, -0.25) is 9.80 Å². The minimum Gasteiger partial charge on any atom is -0.329 e. The van der Waals surface area contributed by atoms with E-state index in [-0.39, 0.29) is 5.54 Å². The van der Waals surface area contributed by atoms with E-state index in [0.717, 1.165) is 25.0 Å². The lowest BCUT2D eigenvalue weighted by molar-refractivity contribution is 0.0594. The molecule has 0 aromatic rings. The van der Waals surface area contributed by atoms with Gasteiger partial charge >= 0.3 is 0 Å². The van der Waals surface area contributed by atoms with Crippen molar-refractivity contribution in [3.8, 4) is 0 Å². The van der Waals surface area contributed by atoms with Crippen molar-refractivity contribution in [2.45, 2.75) is 51.6 Å². The van der Waals surface area contributed by atoms with Crippen molar-refractivity contribution in [1.29, 1.82) is 0 Å². The van der Waals surface area contributed by atoms with E-state index in [4.69, 9.17) is 5.73 Å². The number of fused-ring (bicyclic) bond motifs is 1. The van der Waals surface area contributed by atoms with Crippen LogP contribution in [0.5, 0.6) is 0 Å². The average Bonchev–Trinajstić information content (AvgIpc) is 2.87. The zero-order chi connectivity index (χ0) is 12.5. The fourth-order valence-electron chi connectivity index (χ4n) is 4.01. The highest BCUT2D eigenvalue weighted by molar-refractivity contribution is 5.09. The Bertz CT molecular complexity index is 254. The number of hydrogen-bond acceptors (Lipinski definition) is 3. The van der Waals surface area contributed by atoms with Crippen molar-refractivity contribution in [3.63, 3.8) is 0 Å². The molecular formula is C14H29N3. The maximum absolute atomic E-state index is 6.21. The molecule has 2 unspecified atom stereocenters. The minimum atomic E-state index is 0.273. The summed E-state index contributed by atoms with van der Waals surface area (Å²) in [4.78, 5) is 5.35. The van der Waals surface area contributed by atoms with Gasteiger partial charge in [0.05, 0.1) is 0 Å². The van der Waals surface area contributed by atoms with Crippen LogP contribution in [-0.2, 0) is 0 Å². The molecule has 2 atom stereocenters. The minimum absolute atomic E-state index is 0.273. The summed E-state index contributed by atoms with van der Waals surface area (Å²) in [6, 6.07) is 0.728. The predicted octanol–water partition coefficient (Wildman–Crippen LogP) is 1.53. The Morgan fingerprint density at radius 2 is 2.18 bits per heavy atom. The van der Waals surface area contributed by atoms with Crippen molar-refractivity contribution in [2.75, 3.05) is 32.7 Å².